The Balaban J connectivity index is 1.33. The van der Waals surface area contributed by atoms with Crippen LogP contribution < -0.4 is 15.1 Å². The molecule has 2 saturated heterocycles. The molecule has 29 heavy (non-hydrogen) atoms. The van der Waals surface area contributed by atoms with Gasteiger partial charge in [0.05, 0.1) is 31.5 Å². The topological polar surface area (TPSA) is 57.2 Å². The van der Waals surface area contributed by atoms with Gasteiger partial charge in [-0.1, -0.05) is 29.8 Å². The quantitative estimate of drug-likeness (QED) is 0.774. The van der Waals surface area contributed by atoms with Crippen molar-refractivity contribution in [3.8, 4) is 0 Å². The molecule has 1 unspecified atom stereocenters. The number of anilines is 2. The maximum absolute atomic E-state index is 14.7. The lowest BCUT2D eigenvalue weighted by Crippen LogP contribution is -2.37. The molecule has 7 heteroatoms. The van der Waals surface area contributed by atoms with Gasteiger partial charge < -0.3 is 29.7 Å². The van der Waals surface area contributed by atoms with Crippen LogP contribution in [0.2, 0.25) is 0 Å². The summed E-state index contributed by atoms with van der Waals surface area (Å²) in [7, 11) is 0. The number of benzene rings is 2. The molecule has 2 fully saturated rings. The number of aliphatic hydroxyl groups is 1. The van der Waals surface area contributed by atoms with Crippen LogP contribution >= 0.6 is 0 Å². The molecule has 0 aromatic heterocycles. The Bertz CT molecular complexity index is 811. The molecule has 0 saturated carbocycles. The molecular weight excluding hydrogens is 373 g/mol. The lowest BCUT2D eigenvalue weighted by Gasteiger charge is -2.30. The number of halogens is 1. The van der Waals surface area contributed by atoms with Crippen molar-refractivity contribution in [1.82, 2.24) is 5.32 Å². The van der Waals surface area contributed by atoms with Gasteiger partial charge in [-0.2, -0.15) is 0 Å². The highest BCUT2D eigenvalue weighted by molar-refractivity contribution is 5.58. The van der Waals surface area contributed by atoms with Gasteiger partial charge in [0.1, 0.15) is 5.82 Å². The molecule has 0 bridgehead atoms. The second-order valence-corrected chi connectivity index (χ2v) is 7.59. The highest BCUT2D eigenvalue weighted by Gasteiger charge is 2.32. The minimum absolute atomic E-state index is 0.169. The fourth-order valence-corrected chi connectivity index (χ4v) is 3.76. The number of aryl methyl sites for hydroxylation is 1. The summed E-state index contributed by atoms with van der Waals surface area (Å²) >= 11 is 0. The third-order valence-electron chi connectivity index (χ3n) is 5.42. The highest BCUT2D eigenvalue weighted by Crippen LogP contribution is 2.29. The van der Waals surface area contributed by atoms with Crippen LogP contribution in [0.15, 0.2) is 42.5 Å². The van der Waals surface area contributed by atoms with E-state index in [1.165, 1.54) is 17.2 Å². The molecule has 156 valence electrons. The SMILES string of the molecule is Cc1ccc(CNC[C@H]2CN(c3ccc(N4CCOCC4)c(F)c3)C(O)O2)cc1. The number of hydrogen-bond donors (Lipinski definition) is 2. The normalized spacial score (nSPS) is 22.3. The van der Waals surface area contributed by atoms with E-state index in [0.29, 0.717) is 50.8 Å². The Kier molecular flexibility index (Phi) is 6.30. The third-order valence-corrected chi connectivity index (χ3v) is 5.42. The van der Waals surface area contributed by atoms with E-state index in [4.69, 9.17) is 9.47 Å². The summed E-state index contributed by atoms with van der Waals surface area (Å²) in [6.07, 6.45) is -1.24. The average molecular weight is 401 g/mol. The van der Waals surface area contributed by atoms with Crippen molar-refractivity contribution in [3.63, 3.8) is 0 Å². The largest absolute Gasteiger partial charge is 0.378 e. The lowest BCUT2D eigenvalue weighted by molar-refractivity contribution is -0.0873. The molecule has 2 atom stereocenters. The molecule has 2 aromatic rings. The Morgan fingerprint density at radius 3 is 2.62 bits per heavy atom. The van der Waals surface area contributed by atoms with Crippen LogP contribution in [0.5, 0.6) is 0 Å². The zero-order chi connectivity index (χ0) is 20.2. The van der Waals surface area contributed by atoms with E-state index in [1.807, 2.05) is 11.0 Å². The molecule has 2 aromatic carbocycles. The van der Waals surface area contributed by atoms with Crippen molar-refractivity contribution in [2.24, 2.45) is 0 Å². The van der Waals surface area contributed by atoms with Crippen LogP contribution in [0.1, 0.15) is 11.1 Å². The van der Waals surface area contributed by atoms with Gasteiger partial charge in [-0.05, 0) is 30.7 Å². The van der Waals surface area contributed by atoms with Crippen molar-refractivity contribution in [3.05, 3.63) is 59.4 Å². The Hall–Kier alpha value is -2.19. The first-order chi connectivity index (χ1) is 14.1. The molecule has 0 amide bonds. The molecule has 6 nitrogen and oxygen atoms in total. The fraction of sp³-hybridized carbons (Fsp3) is 0.455. The maximum atomic E-state index is 14.7. The standard InChI is InChI=1S/C22H28FN3O3/c1-16-2-4-17(5-3-16)13-24-14-19-15-26(22(27)29-19)18-6-7-21(20(23)12-18)25-8-10-28-11-9-25/h2-7,12,19,22,24,27H,8-11,13-15H2,1H3/t19-,22?/m0/s1. The van der Waals surface area contributed by atoms with Crippen LogP contribution in [0.25, 0.3) is 0 Å². The monoisotopic (exact) mass is 401 g/mol. The zero-order valence-electron chi connectivity index (χ0n) is 16.7. The second-order valence-electron chi connectivity index (χ2n) is 7.59. The molecular formula is C22H28FN3O3. The Morgan fingerprint density at radius 1 is 1.14 bits per heavy atom. The van der Waals surface area contributed by atoms with Gasteiger partial charge in [0.2, 0.25) is 6.41 Å². The summed E-state index contributed by atoms with van der Waals surface area (Å²) in [6, 6.07) is 13.4. The summed E-state index contributed by atoms with van der Waals surface area (Å²) in [4.78, 5) is 3.67. The van der Waals surface area contributed by atoms with E-state index in [9.17, 15) is 9.50 Å². The van der Waals surface area contributed by atoms with Gasteiger partial charge >= 0.3 is 0 Å². The predicted octanol–water partition coefficient (Wildman–Crippen LogP) is 2.24. The number of nitrogens with one attached hydrogen (secondary N) is 1. The maximum Gasteiger partial charge on any atom is 0.238 e. The van der Waals surface area contributed by atoms with E-state index in [0.717, 1.165) is 6.54 Å². The minimum Gasteiger partial charge on any atom is -0.378 e. The first kappa shape index (κ1) is 20.1. The van der Waals surface area contributed by atoms with Crippen molar-refractivity contribution in [2.45, 2.75) is 26.0 Å². The molecule has 0 aliphatic carbocycles. The summed E-state index contributed by atoms with van der Waals surface area (Å²) < 4.78 is 25.7. The van der Waals surface area contributed by atoms with Crippen LogP contribution in [0, 0.1) is 12.7 Å². The van der Waals surface area contributed by atoms with Crippen LogP contribution in [-0.2, 0) is 16.0 Å². The predicted molar refractivity (Wildman–Crippen MR) is 111 cm³/mol. The fourth-order valence-electron chi connectivity index (χ4n) is 3.76. The molecule has 0 radical (unpaired) electrons. The van der Waals surface area contributed by atoms with E-state index in [2.05, 4.69) is 36.5 Å². The molecule has 0 spiro atoms. The van der Waals surface area contributed by atoms with Crippen molar-refractivity contribution in [2.75, 3.05) is 49.2 Å². The molecule has 2 N–H and O–H groups in total. The van der Waals surface area contributed by atoms with Gasteiger partial charge in [0.25, 0.3) is 0 Å². The molecule has 2 heterocycles. The number of hydrogen-bond acceptors (Lipinski definition) is 6. The van der Waals surface area contributed by atoms with Crippen LogP contribution in [0.4, 0.5) is 15.8 Å². The van der Waals surface area contributed by atoms with Gasteiger partial charge in [0, 0.05) is 31.9 Å². The molecule has 2 aliphatic heterocycles. The molecule has 4 rings (SSSR count). The van der Waals surface area contributed by atoms with Crippen LogP contribution in [-0.4, -0.2) is 57.0 Å². The molecule has 2 aliphatic rings. The second kappa shape index (κ2) is 9.09. The zero-order valence-corrected chi connectivity index (χ0v) is 16.7. The number of aliphatic hydroxyl groups excluding tert-OH is 1. The third kappa shape index (κ3) is 4.87. The summed E-state index contributed by atoms with van der Waals surface area (Å²) in [5, 5.41) is 13.7. The van der Waals surface area contributed by atoms with E-state index in [-0.39, 0.29) is 11.9 Å². The smallest absolute Gasteiger partial charge is 0.238 e. The van der Waals surface area contributed by atoms with Gasteiger partial charge in [-0.15, -0.1) is 0 Å². The lowest BCUT2D eigenvalue weighted by atomic mass is 10.1. The van der Waals surface area contributed by atoms with Gasteiger partial charge in [-0.3, -0.25) is 0 Å². The first-order valence-electron chi connectivity index (χ1n) is 10.1. The summed E-state index contributed by atoms with van der Waals surface area (Å²) in [5.41, 5.74) is 3.63. The summed E-state index contributed by atoms with van der Waals surface area (Å²) in [6.45, 7) is 6.48. The number of rotatable bonds is 6. The minimum atomic E-state index is -1.07. The summed E-state index contributed by atoms with van der Waals surface area (Å²) in [5.74, 6) is -0.294. The van der Waals surface area contributed by atoms with Crippen molar-refractivity contribution in [1.29, 1.82) is 0 Å². The number of ether oxygens (including phenoxy) is 2. The number of morpholine rings is 1. The van der Waals surface area contributed by atoms with Crippen LogP contribution in [0.3, 0.4) is 0 Å². The highest BCUT2D eigenvalue weighted by atomic mass is 19.1. The van der Waals surface area contributed by atoms with Crippen molar-refractivity contribution < 1.29 is 19.0 Å². The number of nitrogens with zero attached hydrogens (tertiary/aromatic N) is 2. The van der Waals surface area contributed by atoms with E-state index < -0.39 is 6.41 Å². The van der Waals surface area contributed by atoms with E-state index >= 15 is 0 Å². The first-order valence-corrected chi connectivity index (χ1v) is 10.1. The Morgan fingerprint density at radius 2 is 1.90 bits per heavy atom. The average Bonchev–Trinajstić information content (AvgIpc) is 3.10. The Labute approximate surface area is 170 Å². The van der Waals surface area contributed by atoms with E-state index in [1.54, 1.807) is 11.0 Å². The van der Waals surface area contributed by atoms with Gasteiger partial charge in [0.15, 0.2) is 0 Å². The van der Waals surface area contributed by atoms with Crippen molar-refractivity contribution >= 4 is 11.4 Å². The van der Waals surface area contributed by atoms with Gasteiger partial charge in [-0.25, -0.2) is 4.39 Å².